The molecule has 1 aliphatic rings. The third-order valence-electron chi connectivity index (χ3n) is 3.29. The second-order valence-electron chi connectivity index (χ2n) is 5.19. The van der Waals surface area contributed by atoms with Gasteiger partial charge in [-0.1, -0.05) is 15.9 Å². The van der Waals surface area contributed by atoms with E-state index in [9.17, 15) is 9.59 Å². The smallest absolute Gasteiger partial charge is 0.246 e. The normalized spacial score (nSPS) is 19.3. The van der Waals surface area contributed by atoms with Crippen molar-refractivity contribution in [3.05, 3.63) is 28.2 Å². The van der Waals surface area contributed by atoms with Crippen LogP contribution in [0.3, 0.4) is 0 Å². The number of carbonyl (C=O) groups is 2. The standard InChI is InChI=1S/C13H16BrN3O2/c1-13(2)12(19)16-11(18)7-17(13)6-8-3-9(14)5-10(15)4-8/h3-5H,6-7,15H2,1-2H3,(H,16,18,19). The van der Waals surface area contributed by atoms with E-state index in [0.29, 0.717) is 12.2 Å². The number of hydrogen-bond acceptors (Lipinski definition) is 4. The molecule has 1 aromatic carbocycles. The van der Waals surface area contributed by atoms with Gasteiger partial charge < -0.3 is 5.73 Å². The molecular weight excluding hydrogens is 310 g/mol. The first kappa shape index (κ1) is 14.0. The molecule has 0 bridgehead atoms. The zero-order chi connectivity index (χ0) is 14.2. The lowest BCUT2D eigenvalue weighted by molar-refractivity contribution is -0.145. The van der Waals surface area contributed by atoms with Gasteiger partial charge in [0.05, 0.1) is 12.1 Å². The van der Waals surface area contributed by atoms with Crippen LogP contribution in [-0.2, 0) is 16.1 Å². The van der Waals surface area contributed by atoms with Crippen molar-refractivity contribution >= 4 is 33.4 Å². The van der Waals surface area contributed by atoms with E-state index in [1.165, 1.54) is 0 Å². The Morgan fingerprint density at radius 1 is 1.37 bits per heavy atom. The lowest BCUT2D eigenvalue weighted by atomic mass is 9.97. The van der Waals surface area contributed by atoms with Crippen molar-refractivity contribution in [2.45, 2.75) is 25.9 Å². The number of nitrogens with zero attached hydrogens (tertiary/aromatic N) is 1. The number of carbonyl (C=O) groups excluding carboxylic acids is 2. The molecule has 1 aliphatic heterocycles. The Hall–Kier alpha value is -1.40. The molecule has 0 atom stereocenters. The molecule has 19 heavy (non-hydrogen) atoms. The van der Waals surface area contributed by atoms with Crippen molar-refractivity contribution in [1.82, 2.24) is 10.2 Å². The molecule has 5 nitrogen and oxygen atoms in total. The topological polar surface area (TPSA) is 75.4 Å². The van der Waals surface area contributed by atoms with Gasteiger partial charge in [0.1, 0.15) is 0 Å². The van der Waals surface area contributed by atoms with Crippen LogP contribution in [0.25, 0.3) is 0 Å². The van der Waals surface area contributed by atoms with Crippen LogP contribution in [0.2, 0.25) is 0 Å². The molecule has 6 heteroatoms. The molecule has 1 heterocycles. The summed E-state index contributed by atoms with van der Waals surface area (Å²) >= 11 is 3.39. The van der Waals surface area contributed by atoms with Crippen LogP contribution >= 0.6 is 15.9 Å². The van der Waals surface area contributed by atoms with Crippen molar-refractivity contribution in [2.75, 3.05) is 12.3 Å². The van der Waals surface area contributed by atoms with Crippen LogP contribution in [0.5, 0.6) is 0 Å². The van der Waals surface area contributed by atoms with Crippen LogP contribution in [0.15, 0.2) is 22.7 Å². The number of amides is 2. The van der Waals surface area contributed by atoms with Gasteiger partial charge in [0, 0.05) is 16.7 Å². The lowest BCUT2D eigenvalue weighted by Gasteiger charge is -2.40. The summed E-state index contributed by atoms with van der Waals surface area (Å²) < 4.78 is 0.882. The van der Waals surface area contributed by atoms with E-state index < -0.39 is 5.54 Å². The Balaban J connectivity index is 2.25. The fourth-order valence-corrected chi connectivity index (χ4v) is 2.63. The molecule has 2 rings (SSSR count). The van der Waals surface area contributed by atoms with Crippen molar-refractivity contribution in [3.63, 3.8) is 0 Å². The summed E-state index contributed by atoms with van der Waals surface area (Å²) in [6.45, 7) is 4.30. The Morgan fingerprint density at radius 2 is 2.05 bits per heavy atom. The van der Waals surface area contributed by atoms with Crippen molar-refractivity contribution in [2.24, 2.45) is 0 Å². The number of benzene rings is 1. The lowest BCUT2D eigenvalue weighted by Crippen LogP contribution is -2.63. The minimum Gasteiger partial charge on any atom is -0.399 e. The van der Waals surface area contributed by atoms with E-state index in [4.69, 9.17) is 5.73 Å². The second kappa shape index (κ2) is 4.94. The molecule has 3 N–H and O–H groups in total. The quantitative estimate of drug-likeness (QED) is 0.634. The number of halogens is 1. The summed E-state index contributed by atoms with van der Waals surface area (Å²) in [5.74, 6) is -0.543. The van der Waals surface area contributed by atoms with E-state index in [2.05, 4.69) is 21.2 Å². The highest BCUT2D eigenvalue weighted by molar-refractivity contribution is 9.10. The minimum atomic E-state index is -0.717. The van der Waals surface area contributed by atoms with E-state index in [-0.39, 0.29) is 18.4 Å². The molecule has 0 aromatic heterocycles. The third kappa shape index (κ3) is 2.96. The maximum absolute atomic E-state index is 11.9. The summed E-state index contributed by atoms with van der Waals surface area (Å²) in [7, 11) is 0. The number of rotatable bonds is 2. The Bertz CT molecular complexity index is 522. The predicted octanol–water partition coefficient (Wildman–Crippen LogP) is 1.27. The summed E-state index contributed by atoms with van der Waals surface area (Å²) in [5.41, 5.74) is 6.68. The summed E-state index contributed by atoms with van der Waals surface area (Å²) in [4.78, 5) is 25.2. The van der Waals surface area contributed by atoms with Crippen molar-refractivity contribution in [1.29, 1.82) is 0 Å². The van der Waals surface area contributed by atoms with Gasteiger partial charge in [-0.05, 0) is 37.6 Å². The average molecular weight is 326 g/mol. The van der Waals surface area contributed by atoms with Gasteiger partial charge in [-0.3, -0.25) is 19.8 Å². The molecule has 0 spiro atoms. The third-order valence-corrected chi connectivity index (χ3v) is 3.74. The van der Waals surface area contributed by atoms with E-state index in [1.807, 2.05) is 23.1 Å². The highest BCUT2D eigenvalue weighted by Gasteiger charge is 2.40. The van der Waals surface area contributed by atoms with Crippen molar-refractivity contribution < 1.29 is 9.59 Å². The molecule has 1 fully saturated rings. The van der Waals surface area contributed by atoms with Gasteiger partial charge in [-0.25, -0.2) is 0 Å². The maximum Gasteiger partial charge on any atom is 0.246 e. The van der Waals surface area contributed by atoms with Gasteiger partial charge in [-0.15, -0.1) is 0 Å². The first-order valence-corrected chi connectivity index (χ1v) is 6.72. The number of hydrogen-bond donors (Lipinski definition) is 2. The highest BCUT2D eigenvalue weighted by Crippen LogP contribution is 2.24. The number of nitrogen functional groups attached to an aromatic ring is 1. The zero-order valence-electron chi connectivity index (χ0n) is 10.9. The summed E-state index contributed by atoms with van der Waals surface area (Å²) in [6, 6.07) is 5.59. The second-order valence-corrected chi connectivity index (χ2v) is 6.10. The average Bonchev–Trinajstić information content (AvgIpc) is 2.24. The first-order chi connectivity index (χ1) is 8.79. The number of nitrogens with two attached hydrogens (primary N) is 1. The molecule has 1 aromatic rings. The van der Waals surface area contributed by atoms with Gasteiger partial charge in [-0.2, -0.15) is 0 Å². The van der Waals surface area contributed by atoms with Crippen LogP contribution in [0.1, 0.15) is 19.4 Å². The number of anilines is 1. The van der Waals surface area contributed by atoms with Crippen LogP contribution in [0, 0.1) is 0 Å². The Morgan fingerprint density at radius 3 is 2.68 bits per heavy atom. The molecule has 1 saturated heterocycles. The minimum absolute atomic E-state index is 0.200. The monoisotopic (exact) mass is 325 g/mol. The van der Waals surface area contributed by atoms with Gasteiger partial charge >= 0.3 is 0 Å². The molecule has 0 radical (unpaired) electrons. The predicted molar refractivity (Wildman–Crippen MR) is 76.2 cm³/mol. The van der Waals surface area contributed by atoms with E-state index in [1.54, 1.807) is 13.8 Å². The van der Waals surface area contributed by atoms with Crippen LogP contribution in [0.4, 0.5) is 5.69 Å². The Kier molecular flexibility index (Phi) is 3.64. The molecule has 2 amide bonds. The summed E-state index contributed by atoms with van der Waals surface area (Å²) in [6.07, 6.45) is 0. The molecule has 0 aliphatic carbocycles. The molecule has 102 valence electrons. The number of piperazine rings is 1. The first-order valence-electron chi connectivity index (χ1n) is 5.93. The Labute approximate surface area is 120 Å². The largest absolute Gasteiger partial charge is 0.399 e. The fourth-order valence-electron chi connectivity index (χ4n) is 2.07. The number of nitrogens with one attached hydrogen (secondary N) is 1. The highest BCUT2D eigenvalue weighted by atomic mass is 79.9. The summed E-state index contributed by atoms with van der Waals surface area (Å²) in [5, 5.41) is 2.35. The maximum atomic E-state index is 11.9. The molecule has 0 unspecified atom stereocenters. The number of imide groups is 1. The van der Waals surface area contributed by atoms with Crippen LogP contribution in [-0.4, -0.2) is 28.8 Å². The van der Waals surface area contributed by atoms with Crippen molar-refractivity contribution in [3.8, 4) is 0 Å². The SMILES string of the molecule is CC1(C)C(=O)NC(=O)CN1Cc1cc(N)cc(Br)c1. The zero-order valence-corrected chi connectivity index (χ0v) is 12.5. The fraction of sp³-hybridized carbons (Fsp3) is 0.385. The molecule has 0 saturated carbocycles. The van der Waals surface area contributed by atoms with E-state index in [0.717, 1.165) is 10.0 Å². The van der Waals surface area contributed by atoms with Gasteiger partial charge in [0.15, 0.2) is 0 Å². The van der Waals surface area contributed by atoms with Gasteiger partial charge in [0.25, 0.3) is 0 Å². The molecular formula is C13H16BrN3O2. The van der Waals surface area contributed by atoms with Gasteiger partial charge in [0.2, 0.25) is 11.8 Å². The van der Waals surface area contributed by atoms with Crippen LogP contribution < -0.4 is 11.1 Å². The van der Waals surface area contributed by atoms with E-state index >= 15 is 0 Å².